The first-order valence-electron chi connectivity index (χ1n) is 6.32. The number of carbonyl (C=O) groups is 2. The molecule has 0 unspecified atom stereocenters. The predicted octanol–water partition coefficient (Wildman–Crippen LogP) is 2.32. The van der Waals surface area contributed by atoms with Gasteiger partial charge in [0.05, 0.1) is 19.7 Å². The van der Waals surface area contributed by atoms with Crippen molar-refractivity contribution in [2.75, 3.05) is 14.2 Å². The molecule has 3 rings (SSSR count). The van der Waals surface area contributed by atoms with Crippen molar-refractivity contribution in [2.45, 2.75) is 0 Å². The van der Waals surface area contributed by atoms with Crippen LogP contribution in [0, 0.1) is 0 Å². The van der Waals surface area contributed by atoms with E-state index < -0.39 is 17.4 Å². The number of rotatable bonds is 2. The molecule has 3 aromatic rings. The highest BCUT2D eigenvalue weighted by molar-refractivity contribution is 7.25. The quantitative estimate of drug-likeness (QED) is 0.733. The van der Waals surface area contributed by atoms with E-state index in [-0.39, 0.29) is 11.3 Å². The van der Waals surface area contributed by atoms with Gasteiger partial charge in [0.2, 0.25) is 5.43 Å². The average Bonchev–Trinajstić information content (AvgIpc) is 2.92. The molecule has 1 aromatic carbocycles. The second-order valence-electron chi connectivity index (χ2n) is 4.49. The minimum Gasteiger partial charge on any atom is -0.465 e. The van der Waals surface area contributed by atoms with E-state index in [4.69, 9.17) is 0 Å². The molecule has 0 bridgehead atoms. The van der Waals surface area contributed by atoms with Crippen LogP contribution in [0.4, 0.5) is 0 Å². The van der Waals surface area contributed by atoms with Crippen LogP contribution < -0.4 is 5.43 Å². The summed E-state index contributed by atoms with van der Waals surface area (Å²) in [7, 11) is 2.33. The van der Waals surface area contributed by atoms with E-state index in [2.05, 4.69) is 14.5 Å². The van der Waals surface area contributed by atoms with Crippen LogP contribution in [0.2, 0.25) is 0 Å². The first kappa shape index (κ1) is 14.3. The monoisotopic (exact) mass is 317 g/mol. The topological polar surface area (TPSA) is 85.5 Å². The van der Waals surface area contributed by atoms with Gasteiger partial charge in [0.25, 0.3) is 0 Å². The van der Waals surface area contributed by atoms with Crippen molar-refractivity contribution < 1.29 is 19.1 Å². The molecule has 0 aliphatic heterocycles. The number of carbonyl (C=O) groups excluding carboxylic acids is 2. The van der Waals surface area contributed by atoms with Crippen LogP contribution in [-0.2, 0) is 9.47 Å². The molecule has 1 N–H and O–H groups in total. The van der Waals surface area contributed by atoms with E-state index in [0.29, 0.717) is 10.2 Å². The van der Waals surface area contributed by atoms with Crippen molar-refractivity contribution in [1.29, 1.82) is 0 Å². The summed E-state index contributed by atoms with van der Waals surface area (Å²) in [4.78, 5) is 39.3. The lowest BCUT2D eigenvalue weighted by Gasteiger charge is -2.06. The largest absolute Gasteiger partial charge is 0.465 e. The lowest BCUT2D eigenvalue weighted by molar-refractivity contribution is 0.0549. The van der Waals surface area contributed by atoms with Crippen molar-refractivity contribution in [3.63, 3.8) is 0 Å². The third-order valence-corrected chi connectivity index (χ3v) is 4.48. The number of hydrogen-bond donors (Lipinski definition) is 1. The van der Waals surface area contributed by atoms with Crippen LogP contribution in [0.15, 0.2) is 29.1 Å². The Morgan fingerprint density at radius 1 is 1.09 bits per heavy atom. The molecule has 0 saturated carbocycles. The van der Waals surface area contributed by atoms with Crippen LogP contribution in [0.5, 0.6) is 0 Å². The molecule has 22 heavy (non-hydrogen) atoms. The number of aromatic nitrogens is 1. The molecule has 0 atom stereocenters. The summed E-state index contributed by atoms with van der Waals surface area (Å²) in [6, 6.07) is 7.38. The van der Waals surface area contributed by atoms with Crippen molar-refractivity contribution in [2.24, 2.45) is 0 Å². The zero-order chi connectivity index (χ0) is 15.9. The number of ether oxygens (including phenoxy) is 2. The molecule has 0 amide bonds. The normalized spacial score (nSPS) is 10.8. The first-order chi connectivity index (χ1) is 10.6. The highest BCUT2D eigenvalue weighted by Gasteiger charge is 2.26. The number of fused-ring (bicyclic) bond motifs is 3. The third kappa shape index (κ3) is 1.98. The Morgan fingerprint density at radius 2 is 1.77 bits per heavy atom. The zero-order valence-corrected chi connectivity index (χ0v) is 12.6. The molecular weight excluding hydrogens is 306 g/mol. The number of methoxy groups -OCH3 is 2. The molecular formula is C15H11NO5S. The number of pyridine rings is 1. The van der Waals surface area contributed by atoms with Gasteiger partial charge in [0.1, 0.15) is 16.0 Å². The van der Waals surface area contributed by atoms with E-state index >= 15 is 0 Å². The van der Waals surface area contributed by atoms with Gasteiger partial charge in [0, 0.05) is 10.1 Å². The van der Waals surface area contributed by atoms with Gasteiger partial charge in [-0.1, -0.05) is 18.2 Å². The molecule has 6 nitrogen and oxygen atoms in total. The maximum Gasteiger partial charge on any atom is 0.355 e. The maximum absolute atomic E-state index is 12.6. The van der Waals surface area contributed by atoms with Gasteiger partial charge in [-0.05, 0) is 6.07 Å². The Hall–Kier alpha value is -2.67. The Labute approximate surface area is 128 Å². The van der Waals surface area contributed by atoms with Crippen molar-refractivity contribution in [1.82, 2.24) is 4.98 Å². The zero-order valence-electron chi connectivity index (χ0n) is 11.8. The van der Waals surface area contributed by atoms with E-state index in [0.717, 1.165) is 17.2 Å². The fourth-order valence-electron chi connectivity index (χ4n) is 2.30. The lowest BCUT2D eigenvalue weighted by atomic mass is 10.1. The molecule has 2 aromatic heterocycles. The predicted molar refractivity (Wildman–Crippen MR) is 82.6 cm³/mol. The summed E-state index contributed by atoms with van der Waals surface area (Å²) in [6.45, 7) is 0. The molecule has 0 aliphatic rings. The van der Waals surface area contributed by atoms with Gasteiger partial charge in [-0.25, -0.2) is 9.59 Å². The molecule has 0 fully saturated rings. The van der Waals surface area contributed by atoms with Crippen molar-refractivity contribution in [3.8, 4) is 0 Å². The number of thiophene rings is 1. The van der Waals surface area contributed by atoms with Crippen molar-refractivity contribution >= 4 is 43.6 Å². The van der Waals surface area contributed by atoms with Crippen LogP contribution in [0.25, 0.3) is 20.3 Å². The SMILES string of the molecule is COC(=O)c1[nH]c2c(sc3ccccc32)c(=O)c1C(=O)OC. The Balaban J connectivity index is 2.49. The Kier molecular flexibility index (Phi) is 3.42. The van der Waals surface area contributed by atoms with Gasteiger partial charge in [-0.3, -0.25) is 4.79 Å². The molecule has 112 valence electrons. The van der Waals surface area contributed by atoms with E-state index in [9.17, 15) is 14.4 Å². The van der Waals surface area contributed by atoms with Crippen molar-refractivity contribution in [3.05, 3.63) is 45.7 Å². The van der Waals surface area contributed by atoms with E-state index in [1.54, 1.807) is 0 Å². The minimum absolute atomic E-state index is 0.199. The summed E-state index contributed by atoms with van der Waals surface area (Å²) >= 11 is 1.25. The lowest BCUT2D eigenvalue weighted by Crippen LogP contribution is -2.23. The summed E-state index contributed by atoms with van der Waals surface area (Å²) in [5, 5.41) is 0.807. The summed E-state index contributed by atoms with van der Waals surface area (Å²) in [5.41, 5.74) is -0.565. The molecule has 0 saturated heterocycles. The summed E-state index contributed by atoms with van der Waals surface area (Å²) < 4.78 is 10.5. The van der Waals surface area contributed by atoms with E-state index in [1.807, 2.05) is 24.3 Å². The highest BCUT2D eigenvalue weighted by Crippen LogP contribution is 2.31. The molecule has 0 spiro atoms. The third-order valence-electron chi connectivity index (χ3n) is 3.31. The second kappa shape index (κ2) is 5.27. The average molecular weight is 317 g/mol. The Bertz CT molecular complexity index is 969. The van der Waals surface area contributed by atoms with Gasteiger partial charge >= 0.3 is 11.9 Å². The Morgan fingerprint density at radius 3 is 2.45 bits per heavy atom. The number of hydrogen-bond acceptors (Lipinski definition) is 6. The number of benzene rings is 1. The summed E-state index contributed by atoms with van der Waals surface area (Å²) in [5.74, 6) is -1.67. The number of esters is 2. The molecule has 7 heteroatoms. The van der Waals surface area contributed by atoms with Crippen LogP contribution in [0.3, 0.4) is 0 Å². The van der Waals surface area contributed by atoms with Gasteiger partial charge in [-0.15, -0.1) is 11.3 Å². The molecule has 0 radical (unpaired) electrons. The fraction of sp³-hybridized carbons (Fsp3) is 0.133. The van der Waals surface area contributed by atoms with E-state index in [1.165, 1.54) is 18.4 Å². The highest BCUT2D eigenvalue weighted by atomic mass is 32.1. The number of nitrogens with one attached hydrogen (secondary N) is 1. The molecule has 0 aliphatic carbocycles. The standard InChI is InChI=1S/C15H11NO5S/c1-20-14(18)9-11(15(19)21-2)16-10-7-5-3-4-6-8(7)22-13(10)12(9)17/h3-6H,1-2H3,(H,16,17). The number of aromatic amines is 1. The maximum atomic E-state index is 12.6. The van der Waals surface area contributed by atoms with Gasteiger partial charge in [-0.2, -0.15) is 0 Å². The van der Waals surface area contributed by atoms with Crippen LogP contribution in [0.1, 0.15) is 20.8 Å². The number of H-pyrrole nitrogens is 1. The second-order valence-corrected chi connectivity index (χ2v) is 5.54. The van der Waals surface area contributed by atoms with Crippen LogP contribution in [-0.4, -0.2) is 31.1 Å². The molecule has 2 heterocycles. The fourth-order valence-corrected chi connectivity index (χ4v) is 3.40. The first-order valence-corrected chi connectivity index (χ1v) is 7.14. The minimum atomic E-state index is -0.874. The summed E-state index contributed by atoms with van der Waals surface area (Å²) in [6.07, 6.45) is 0. The smallest absolute Gasteiger partial charge is 0.355 e. The van der Waals surface area contributed by atoms with Crippen LogP contribution >= 0.6 is 11.3 Å². The van der Waals surface area contributed by atoms with Gasteiger partial charge in [0.15, 0.2) is 0 Å². The van der Waals surface area contributed by atoms with Gasteiger partial charge < -0.3 is 14.5 Å².